The minimum absolute atomic E-state index is 0.0184. The van der Waals surface area contributed by atoms with Crippen LogP contribution in [0.4, 0.5) is 18.9 Å². The highest BCUT2D eigenvalue weighted by Gasteiger charge is 2.48. The van der Waals surface area contributed by atoms with Crippen molar-refractivity contribution in [3.8, 4) is 11.1 Å². The second kappa shape index (κ2) is 23.9. The number of ketones is 1. The Hall–Kier alpha value is -4.00. The van der Waals surface area contributed by atoms with Gasteiger partial charge >= 0.3 is 5.51 Å². The monoisotopic (exact) mass is 1100 g/mol. The van der Waals surface area contributed by atoms with E-state index in [1.807, 2.05) is 60.7 Å². The molecule has 2 saturated heterocycles. The number of alkyl halides is 3. The lowest BCUT2D eigenvalue weighted by molar-refractivity contribution is -0.0436. The average Bonchev–Trinajstić information content (AvgIpc) is 3.36. The first-order valence-electron chi connectivity index (χ1n) is 25.0. The molecule has 2 aliphatic heterocycles. The van der Waals surface area contributed by atoms with Crippen LogP contribution in [0.25, 0.3) is 11.1 Å². The SMILES string of the molecule is CC[C@H]1COCCN1CC[C@H](CSc1ccccc1)Cc1ccc(S(=O)(=O)CC(=O)c2ccc(N3CCC([C@@H](O[Si](C)(C)C(C)(C)C)c4ccccc4-c4ccc(Cl)cc4)CC3)cc2)cc1S(=O)(=O)C(F)(F)F. The summed E-state index contributed by atoms with van der Waals surface area (Å²) < 4.78 is 110. The predicted octanol–water partition coefficient (Wildman–Crippen LogP) is 13.4. The average molecular weight is 1100 g/mol. The Bertz CT molecular complexity index is 2880. The zero-order valence-corrected chi connectivity index (χ0v) is 46.7. The molecule has 0 amide bonds. The predicted molar refractivity (Wildman–Crippen MR) is 291 cm³/mol. The number of thioether (sulfide) groups is 1. The van der Waals surface area contributed by atoms with Gasteiger partial charge in [-0.1, -0.05) is 100.0 Å². The van der Waals surface area contributed by atoms with Crippen molar-refractivity contribution in [3.05, 3.63) is 143 Å². The maximum absolute atomic E-state index is 14.4. The quantitative estimate of drug-likeness (QED) is 0.0424. The van der Waals surface area contributed by atoms with Crippen LogP contribution in [0.15, 0.2) is 136 Å². The van der Waals surface area contributed by atoms with Crippen molar-refractivity contribution < 1.29 is 44.0 Å². The topological polar surface area (TPSA) is 110 Å². The standard InChI is InChI=1S/C56H68ClF3N2O7S3Si/c1-7-46-37-68-34-33-62(46)30-27-40(38-70-48-13-9-8-10-14-48)35-44-21-26-49(36-53(44)72(66,67)56(58,59)60)71(64,65)39-52(63)42-19-24-47(25-20-42)61-31-28-43(29-32-61)54(69-73(5,6)55(2,3)4)51-16-12-11-15-50(51)41-17-22-45(57)23-18-41/h8-26,36,40,43,46,54H,7,27-35,37-39H2,1-6H3/t40-,46-,54+/m0/s1. The highest BCUT2D eigenvalue weighted by molar-refractivity contribution is 7.99. The molecule has 394 valence electrons. The van der Waals surface area contributed by atoms with E-state index in [0.717, 1.165) is 58.7 Å². The molecule has 0 N–H and O–H groups in total. The van der Waals surface area contributed by atoms with Crippen LogP contribution in [0.3, 0.4) is 0 Å². The van der Waals surface area contributed by atoms with Gasteiger partial charge in [0.25, 0.3) is 9.84 Å². The third-order valence-electron chi connectivity index (χ3n) is 14.9. The molecule has 73 heavy (non-hydrogen) atoms. The van der Waals surface area contributed by atoms with Crippen LogP contribution >= 0.6 is 23.4 Å². The summed E-state index contributed by atoms with van der Waals surface area (Å²) in [5.74, 6) is -1.42. The zero-order valence-electron chi connectivity index (χ0n) is 42.5. The van der Waals surface area contributed by atoms with E-state index in [9.17, 15) is 34.8 Å². The zero-order chi connectivity index (χ0) is 52.8. The molecule has 0 aromatic heterocycles. The number of piperidine rings is 1. The number of anilines is 1. The maximum Gasteiger partial charge on any atom is 0.501 e. The summed E-state index contributed by atoms with van der Waals surface area (Å²) in [6.45, 7) is 17.3. The Morgan fingerprint density at radius 2 is 1.52 bits per heavy atom. The van der Waals surface area contributed by atoms with E-state index in [4.69, 9.17) is 20.8 Å². The molecule has 2 heterocycles. The lowest BCUT2D eigenvalue weighted by atomic mass is 9.84. The van der Waals surface area contributed by atoms with E-state index >= 15 is 0 Å². The number of nitrogens with zero attached hydrogens (tertiary/aromatic N) is 2. The molecule has 7 rings (SSSR count). The maximum atomic E-state index is 14.4. The number of halogens is 4. The fraction of sp³-hybridized carbons (Fsp3) is 0.446. The Kier molecular flexibility index (Phi) is 18.6. The molecule has 0 aliphatic carbocycles. The Labute approximate surface area is 441 Å². The molecule has 2 aliphatic rings. The molecule has 2 fully saturated rings. The van der Waals surface area contributed by atoms with Crippen LogP contribution in [-0.4, -0.2) is 98.3 Å². The summed E-state index contributed by atoms with van der Waals surface area (Å²) in [6.07, 6.45) is 2.88. The highest BCUT2D eigenvalue weighted by Crippen LogP contribution is 2.46. The molecule has 5 aromatic rings. The summed E-state index contributed by atoms with van der Waals surface area (Å²) in [6, 6.07) is 35.5. The number of rotatable bonds is 20. The van der Waals surface area contributed by atoms with Crippen molar-refractivity contribution >= 4 is 62.8 Å². The van der Waals surface area contributed by atoms with Crippen LogP contribution in [0, 0.1) is 11.8 Å². The number of ether oxygens (including phenoxy) is 1. The second-order valence-corrected chi connectivity index (χ2v) is 31.0. The smallest absolute Gasteiger partial charge is 0.410 e. The summed E-state index contributed by atoms with van der Waals surface area (Å²) in [5.41, 5.74) is -1.55. The normalized spacial score (nSPS) is 17.6. The van der Waals surface area contributed by atoms with Crippen LogP contribution < -0.4 is 4.90 Å². The largest absolute Gasteiger partial charge is 0.501 e. The minimum Gasteiger partial charge on any atom is -0.410 e. The van der Waals surface area contributed by atoms with Crippen molar-refractivity contribution in [2.24, 2.45) is 11.8 Å². The molecule has 0 unspecified atom stereocenters. The lowest BCUT2D eigenvalue weighted by Crippen LogP contribution is -2.45. The molecule has 0 spiro atoms. The molecule has 5 aromatic carbocycles. The van der Waals surface area contributed by atoms with Crippen molar-refractivity contribution in [2.75, 3.05) is 55.8 Å². The van der Waals surface area contributed by atoms with Gasteiger partial charge in [-0.15, -0.1) is 11.8 Å². The number of hydrogen-bond donors (Lipinski definition) is 0. The minimum atomic E-state index is -6.00. The van der Waals surface area contributed by atoms with Gasteiger partial charge in [0, 0.05) is 52.6 Å². The molecular formula is C56H68ClF3N2O7S3Si. The highest BCUT2D eigenvalue weighted by atomic mass is 35.5. The molecule has 0 bridgehead atoms. The summed E-state index contributed by atoms with van der Waals surface area (Å²) >= 11 is 7.80. The van der Waals surface area contributed by atoms with Gasteiger partial charge in [-0.05, 0) is 152 Å². The number of hydrogen-bond acceptors (Lipinski definition) is 10. The number of morpholine rings is 1. The van der Waals surface area contributed by atoms with Crippen molar-refractivity contribution in [3.63, 3.8) is 0 Å². The Morgan fingerprint density at radius 1 is 0.863 bits per heavy atom. The van der Waals surface area contributed by atoms with Crippen molar-refractivity contribution in [2.45, 2.75) is 110 Å². The molecule has 3 atom stereocenters. The molecule has 17 heteroatoms. The van der Waals surface area contributed by atoms with Gasteiger partial charge < -0.3 is 14.1 Å². The lowest BCUT2D eigenvalue weighted by Gasteiger charge is -2.44. The van der Waals surface area contributed by atoms with E-state index in [1.165, 1.54) is 11.8 Å². The fourth-order valence-corrected chi connectivity index (χ4v) is 14.3. The van der Waals surface area contributed by atoms with Crippen molar-refractivity contribution in [1.82, 2.24) is 4.90 Å². The number of sulfone groups is 2. The van der Waals surface area contributed by atoms with E-state index in [-0.39, 0.29) is 46.6 Å². The molecule has 9 nitrogen and oxygen atoms in total. The van der Waals surface area contributed by atoms with E-state index in [2.05, 4.69) is 68.8 Å². The number of benzene rings is 5. The summed E-state index contributed by atoms with van der Waals surface area (Å²) in [4.78, 5) is 17.4. The fourth-order valence-electron chi connectivity index (χ4n) is 9.47. The first-order valence-corrected chi connectivity index (χ1v) is 32.5. The van der Waals surface area contributed by atoms with Crippen molar-refractivity contribution in [1.29, 1.82) is 0 Å². The van der Waals surface area contributed by atoms with Gasteiger partial charge in [-0.2, -0.15) is 13.2 Å². The van der Waals surface area contributed by atoms with Gasteiger partial charge in [0.2, 0.25) is 0 Å². The number of carbonyl (C=O) groups excluding carboxylic acids is 1. The molecule has 0 saturated carbocycles. The summed E-state index contributed by atoms with van der Waals surface area (Å²) in [5, 5.41) is 0.650. The number of Topliss-reactive ketones (excluding diaryl/α,β-unsaturated/α-hetero) is 1. The van der Waals surface area contributed by atoms with Gasteiger partial charge in [-0.25, -0.2) is 16.8 Å². The van der Waals surface area contributed by atoms with E-state index < -0.39 is 54.8 Å². The van der Waals surface area contributed by atoms with E-state index in [0.29, 0.717) is 62.7 Å². The van der Waals surface area contributed by atoms with Gasteiger partial charge in [0.05, 0.1) is 29.1 Å². The third-order valence-corrected chi connectivity index (χ3v) is 24.0. The Morgan fingerprint density at radius 3 is 2.16 bits per heavy atom. The van der Waals surface area contributed by atoms with E-state index in [1.54, 1.807) is 24.3 Å². The second-order valence-electron chi connectivity index (χ2n) is 20.8. The van der Waals surface area contributed by atoms with Crippen LogP contribution in [0.5, 0.6) is 0 Å². The van der Waals surface area contributed by atoms with Gasteiger partial charge in [-0.3, -0.25) is 9.69 Å². The molecular weight excluding hydrogens is 1030 g/mol. The van der Waals surface area contributed by atoms with Crippen LogP contribution in [0.2, 0.25) is 23.2 Å². The summed E-state index contributed by atoms with van der Waals surface area (Å²) in [7, 11) is -12.8. The van der Waals surface area contributed by atoms with Crippen LogP contribution in [-0.2, 0) is 35.3 Å². The molecule has 0 radical (unpaired) electrons. The van der Waals surface area contributed by atoms with Crippen LogP contribution in [0.1, 0.15) is 81.0 Å². The first-order chi connectivity index (χ1) is 34.5. The van der Waals surface area contributed by atoms with Gasteiger partial charge in [0.15, 0.2) is 23.9 Å². The first kappa shape index (κ1) is 56.7. The Balaban J connectivity index is 1.06. The number of carbonyl (C=O) groups is 1. The third kappa shape index (κ3) is 14.1. The van der Waals surface area contributed by atoms with Gasteiger partial charge in [0.1, 0.15) is 5.75 Å².